The van der Waals surface area contributed by atoms with Crippen molar-refractivity contribution in [3.8, 4) is 0 Å². The molecule has 5 nitrogen and oxygen atoms in total. The molecule has 1 unspecified atom stereocenters. The number of nitrogens with zero attached hydrogens (tertiary/aromatic N) is 2. The molecule has 0 aromatic carbocycles. The topological polar surface area (TPSA) is 81.1 Å². The van der Waals surface area contributed by atoms with Gasteiger partial charge in [0.1, 0.15) is 0 Å². The Kier molecular flexibility index (Phi) is 3.38. The second-order valence-electron chi connectivity index (χ2n) is 4.82. The van der Waals surface area contributed by atoms with Gasteiger partial charge in [-0.25, -0.2) is 0 Å². The van der Waals surface area contributed by atoms with E-state index in [1.54, 1.807) is 4.68 Å². The van der Waals surface area contributed by atoms with Gasteiger partial charge in [0.05, 0.1) is 12.1 Å². The molecule has 1 rings (SSSR count). The number of carbonyl (C=O) groups is 1. The van der Waals surface area contributed by atoms with Gasteiger partial charge < -0.3 is 10.8 Å². The molecule has 90 valence electrons. The highest BCUT2D eigenvalue weighted by Gasteiger charge is 2.31. The van der Waals surface area contributed by atoms with Crippen LogP contribution >= 0.6 is 0 Å². The lowest BCUT2D eigenvalue weighted by molar-refractivity contribution is -0.137. The summed E-state index contributed by atoms with van der Waals surface area (Å²) < 4.78 is 1.69. The molecule has 3 N–H and O–H groups in total. The summed E-state index contributed by atoms with van der Waals surface area (Å²) in [4.78, 5) is 10.9. The summed E-state index contributed by atoms with van der Waals surface area (Å²) in [6.07, 6.45) is 1.87. The van der Waals surface area contributed by atoms with Crippen LogP contribution in [0.15, 0.2) is 6.20 Å². The van der Waals surface area contributed by atoms with Gasteiger partial charge in [-0.3, -0.25) is 9.48 Å². The maximum atomic E-state index is 10.9. The van der Waals surface area contributed by atoms with Crippen LogP contribution in [-0.4, -0.2) is 26.4 Å². The average molecular weight is 225 g/mol. The predicted octanol–water partition coefficient (Wildman–Crippen LogP) is 1.02. The number of aromatic nitrogens is 2. The second kappa shape index (κ2) is 4.25. The van der Waals surface area contributed by atoms with Crippen molar-refractivity contribution in [2.75, 3.05) is 0 Å². The number of rotatable bonds is 4. The highest BCUT2D eigenvalue weighted by Crippen LogP contribution is 2.31. The molecule has 0 bridgehead atoms. The monoisotopic (exact) mass is 225 g/mol. The van der Waals surface area contributed by atoms with Crippen molar-refractivity contribution in [3.63, 3.8) is 0 Å². The van der Waals surface area contributed by atoms with Crippen LogP contribution in [0.5, 0.6) is 0 Å². The summed E-state index contributed by atoms with van der Waals surface area (Å²) in [5.74, 6) is -1.06. The van der Waals surface area contributed by atoms with Gasteiger partial charge in [0, 0.05) is 24.7 Å². The lowest BCUT2D eigenvalue weighted by atomic mass is 9.80. The number of aliphatic carboxylic acids is 1. The first-order valence-electron chi connectivity index (χ1n) is 5.22. The quantitative estimate of drug-likeness (QED) is 0.801. The van der Waals surface area contributed by atoms with E-state index in [-0.39, 0.29) is 12.3 Å². The molecular weight excluding hydrogens is 206 g/mol. The minimum atomic E-state index is -0.841. The predicted molar refractivity (Wildman–Crippen MR) is 61.2 cm³/mol. The Balaban J connectivity index is 3.11. The zero-order valence-corrected chi connectivity index (χ0v) is 10.2. The first kappa shape index (κ1) is 12.7. The van der Waals surface area contributed by atoms with Crippen LogP contribution in [0.3, 0.4) is 0 Å². The Morgan fingerprint density at radius 1 is 1.69 bits per heavy atom. The van der Waals surface area contributed by atoms with Crippen LogP contribution in [0.1, 0.15) is 37.4 Å². The molecule has 1 atom stereocenters. The van der Waals surface area contributed by atoms with Crippen LogP contribution in [-0.2, 0) is 11.8 Å². The molecule has 0 spiro atoms. The van der Waals surface area contributed by atoms with Crippen LogP contribution in [0, 0.1) is 6.92 Å². The van der Waals surface area contributed by atoms with Crippen molar-refractivity contribution < 1.29 is 9.90 Å². The minimum Gasteiger partial charge on any atom is -0.481 e. The van der Waals surface area contributed by atoms with E-state index in [9.17, 15) is 4.79 Å². The smallest absolute Gasteiger partial charge is 0.304 e. The molecule has 0 amide bonds. The zero-order valence-electron chi connectivity index (χ0n) is 10.2. The van der Waals surface area contributed by atoms with Gasteiger partial charge in [0.2, 0.25) is 0 Å². The van der Waals surface area contributed by atoms with Crippen molar-refractivity contribution in [2.45, 2.75) is 38.6 Å². The van der Waals surface area contributed by atoms with E-state index in [1.807, 2.05) is 34.0 Å². The van der Waals surface area contributed by atoms with Crippen LogP contribution in [0.4, 0.5) is 0 Å². The van der Waals surface area contributed by atoms with E-state index in [0.29, 0.717) is 0 Å². The molecule has 5 heteroatoms. The normalized spacial score (nSPS) is 13.8. The molecule has 0 saturated carbocycles. The van der Waals surface area contributed by atoms with Crippen LogP contribution in [0.25, 0.3) is 0 Å². The van der Waals surface area contributed by atoms with Gasteiger partial charge in [0.15, 0.2) is 0 Å². The van der Waals surface area contributed by atoms with E-state index in [4.69, 9.17) is 10.8 Å². The first-order chi connectivity index (χ1) is 7.21. The summed E-state index contributed by atoms with van der Waals surface area (Å²) in [6.45, 7) is 5.55. The fraction of sp³-hybridized carbons (Fsp3) is 0.636. The van der Waals surface area contributed by atoms with Crippen molar-refractivity contribution in [2.24, 2.45) is 12.8 Å². The molecule has 0 aliphatic rings. The molecule has 1 aromatic rings. The van der Waals surface area contributed by atoms with Crippen molar-refractivity contribution in [1.82, 2.24) is 9.78 Å². The van der Waals surface area contributed by atoms with Gasteiger partial charge in [-0.1, -0.05) is 0 Å². The molecular formula is C11H19N3O2. The average Bonchev–Trinajstić information content (AvgIpc) is 2.38. The lowest BCUT2D eigenvalue weighted by Crippen LogP contribution is -2.40. The van der Waals surface area contributed by atoms with Crippen LogP contribution < -0.4 is 5.73 Å². The van der Waals surface area contributed by atoms with E-state index < -0.39 is 11.5 Å². The van der Waals surface area contributed by atoms with Gasteiger partial charge >= 0.3 is 5.97 Å². The van der Waals surface area contributed by atoms with E-state index in [1.165, 1.54) is 0 Å². The highest BCUT2D eigenvalue weighted by atomic mass is 16.4. The van der Waals surface area contributed by atoms with Crippen LogP contribution in [0.2, 0.25) is 0 Å². The fourth-order valence-corrected chi connectivity index (χ4v) is 1.91. The maximum absolute atomic E-state index is 10.9. The third-order valence-electron chi connectivity index (χ3n) is 2.70. The molecule has 0 fully saturated rings. The van der Waals surface area contributed by atoms with Gasteiger partial charge in [0.25, 0.3) is 0 Å². The standard InChI is InChI=1S/C11H19N3O2/c1-7-8(6-14(4)13-7)9(5-10(15)16)11(2,3)12/h6,9H,5,12H2,1-4H3,(H,15,16). The number of hydrogen-bond donors (Lipinski definition) is 2. The van der Waals surface area contributed by atoms with Crippen molar-refractivity contribution in [1.29, 1.82) is 0 Å². The van der Waals surface area contributed by atoms with E-state index >= 15 is 0 Å². The first-order valence-corrected chi connectivity index (χ1v) is 5.22. The lowest BCUT2D eigenvalue weighted by Gasteiger charge is -2.29. The Morgan fingerprint density at radius 3 is 2.56 bits per heavy atom. The summed E-state index contributed by atoms with van der Waals surface area (Å²) in [5.41, 5.74) is 7.21. The number of nitrogens with two attached hydrogens (primary N) is 1. The Bertz CT molecular complexity index is 390. The molecule has 0 aliphatic heterocycles. The van der Waals surface area contributed by atoms with E-state index in [0.717, 1.165) is 11.3 Å². The second-order valence-corrected chi connectivity index (χ2v) is 4.82. The Hall–Kier alpha value is -1.36. The van der Waals surface area contributed by atoms with Crippen molar-refractivity contribution >= 4 is 5.97 Å². The molecule has 16 heavy (non-hydrogen) atoms. The zero-order chi connectivity index (χ0) is 12.5. The SMILES string of the molecule is Cc1nn(C)cc1C(CC(=O)O)C(C)(C)N. The van der Waals surface area contributed by atoms with Gasteiger partial charge in [-0.15, -0.1) is 0 Å². The van der Waals surface area contributed by atoms with Gasteiger partial charge in [-0.2, -0.15) is 5.10 Å². The number of aryl methyl sites for hydroxylation is 2. The van der Waals surface area contributed by atoms with Crippen molar-refractivity contribution in [3.05, 3.63) is 17.5 Å². The summed E-state index contributed by atoms with van der Waals surface area (Å²) in [7, 11) is 1.82. The summed E-state index contributed by atoms with van der Waals surface area (Å²) in [5, 5.41) is 13.1. The van der Waals surface area contributed by atoms with Gasteiger partial charge in [-0.05, 0) is 26.3 Å². The number of carboxylic acid groups (broad SMARTS) is 1. The largest absolute Gasteiger partial charge is 0.481 e. The highest BCUT2D eigenvalue weighted by molar-refractivity contribution is 5.68. The fourth-order valence-electron chi connectivity index (χ4n) is 1.91. The molecule has 1 aromatic heterocycles. The number of carboxylic acids is 1. The third-order valence-corrected chi connectivity index (χ3v) is 2.70. The maximum Gasteiger partial charge on any atom is 0.304 e. The summed E-state index contributed by atoms with van der Waals surface area (Å²) in [6, 6.07) is 0. The molecule has 1 heterocycles. The summed E-state index contributed by atoms with van der Waals surface area (Å²) >= 11 is 0. The molecule has 0 aliphatic carbocycles. The Labute approximate surface area is 95.3 Å². The molecule has 0 saturated heterocycles. The van der Waals surface area contributed by atoms with E-state index in [2.05, 4.69) is 5.10 Å². The number of hydrogen-bond acceptors (Lipinski definition) is 3. The Morgan fingerprint density at radius 2 is 2.25 bits per heavy atom. The third kappa shape index (κ3) is 2.82. The minimum absolute atomic E-state index is 0.0238. The molecule has 0 radical (unpaired) electrons.